The van der Waals surface area contributed by atoms with Crippen LogP contribution in [0.3, 0.4) is 0 Å². The average Bonchev–Trinajstić information content (AvgIpc) is 2.21. The molecule has 10 heteroatoms. The van der Waals surface area contributed by atoms with Gasteiger partial charge in [-0.2, -0.15) is 26.3 Å². The lowest BCUT2D eigenvalue weighted by molar-refractivity contribution is -0.204. The van der Waals surface area contributed by atoms with Crippen LogP contribution in [0.2, 0.25) is 0 Å². The summed E-state index contributed by atoms with van der Waals surface area (Å²) in [7, 11) is 0. The van der Waals surface area contributed by atoms with Crippen molar-refractivity contribution in [1.29, 1.82) is 0 Å². The van der Waals surface area contributed by atoms with Crippen molar-refractivity contribution in [3.05, 3.63) is 0 Å². The Balaban J connectivity index is 4.85. The summed E-state index contributed by atoms with van der Waals surface area (Å²) in [5, 5.41) is 0. The first-order valence-corrected chi connectivity index (χ1v) is 6.71. The lowest BCUT2D eigenvalue weighted by atomic mass is 9.81. The zero-order chi connectivity index (χ0) is 18.5. The molecule has 0 atom stereocenters. The van der Waals surface area contributed by atoms with Gasteiger partial charge in [-0.3, -0.25) is 0 Å². The molecule has 0 heterocycles. The highest BCUT2D eigenvalue weighted by Gasteiger charge is 2.48. The Morgan fingerprint density at radius 3 is 1.70 bits per heavy atom. The summed E-state index contributed by atoms with van der Waals surface area (Å²) in [5.41, 5.74) is 1.92. The predicted octanol–water partition coefficient (Wildman–Crippen LogP) is 3.19. The molecule has 2 N–H and O–H groups in total. The number of esters is 1. The third-order valence-electron chi connectivity index (χ3n) is 2.63. The average molecular weight is 353 g/mol. The van der Waals surface area contributed by atoms with Crippen LogP contribution in [0.15, 0.2) is 0 Å². The van der Waals surface area contributed by atoms with E-state index in [0.29, 0.717) is 0 Å². The second-order valence-corrected chi connectivity index (χ2v) is 6.37. The zero-order valence-corrected chi connectivity index (χ0v) is 13.1. The highest BCUT2D eigenvalue weighted by Crippen LogP contribution is 2.41. The first-order valence-electron chi connectivity index (χ1n) is 6.71. The normalized spacial score (nSPS) is 14.0. The van der Waals surface area contributed by atoms with Gasteiger partial charge in [-0.05, 0) is 20.8 Å². The van der Waals surface area contributed by atoms with Gasteiger partial charge in [0.2, 0.25) is 0 Å². The molecule has 0 saturated heterocycles. The van der Waals surface area contributed by atoms with Crippen LogP contribution in [0.4, 0.5) is 26.3 Å². The number of nitrogens with two attached hydrogens (primary N) is 1. The van der Waals surface area contributed by atoms with Crippen molar-refractivity contribution in [2.24, 2.45) is 11.1 Å². The largest absolute Gasteiger partial charge is 0.458 e. The summed E-state index contributed by atoms with van der Waals surface area (Å²) in [6, 6.07) is 0. The molecule has 0 saturated carbocycles. The highest BCUT2D eigenvalue weighted by atomic mass is 19.4. The van der Waals surface area contributed by atoms with Gasteiger partial charge < -0.3 is 15.2 Å². The molecule has 0 aliphatic rings. The van der Waals surface area contributed by atoms with Crippen molar-refractivity contribution in [1.82, 2.24) is 0 Å². The summed E-state index contributed by atoms with van der Waals surface area (Å²) in [6.07, 6.45) is -13.2. The van der Waals surface area contributed by atoms with E-state index in [2.05, 4.69) is 0 Å². The summed E-state index contributed by atoms with van der Waals surface area (Å²) in [5.74, 6) is -0.887. The summed E-state index contributed by atoms with van der Waals surface area (Å²) in [6.45, 7) is 2.07. The smallest absolute Gasteiger partial charge is 0.389 e. The van der Waals surface area contributed by atoms with Crippen LogP contribution in [-0.2, 0) is 14.3 Å². The lowest BCUT2D eigenvalue weighted by Gasteiger charge is -2.33. The molecule has 23 heavy (non-hydrogen) atoms. The molecule has 0 aromatic carbocycles. The zero-order valence-electron chi connectivity index (χ0n) is 13.1. The van der Waals surface area contributed by atoms with Crippen LogP contribution in [0.25, 0.3) is 0 Å². The number of rotatable bonds is 7. The van der Waals surface area contributed by atoms with Crippen molar-refractivity contribution >= 4 is 5.97 Å². The van der Waals surface area contributed by atoms with Gasteiger partial charge in [-0.15, -0.1) is 0 Å². The number of carbonyl (C=O) groups excluding carboxylic acids is 1. The minimum atomic E-state index is -4.85. The first-order chi connectivity index (χ1) is 10.1. The van der Waals surface area contributed by atoms with Gasteiger partial charge in [0.25, 0.3) is 0 Å². The van der Waals surface area contributed by atoms with E-state index in [9.17, 15) is 31.1 Å². The molecule has 0 aliphatic heterocycles. The van der Waals surface area contributed by atoms with E-state index in [1.807, 2.05) is 0 Å². The van der Waals surface area contributed by atoms with Crippen LogP contribution in [-0.4, -0.2) is 43.7 Å². The van der Waals surface area contributed by atoms with Gasteiger partial charge >= 0.3 is 18.3 Å². The molecule has 138 valence electrons. The molecular formula is C13H21F6NO3. The fourth-order valence-electron chi connectivity index (χ4n) is 1.94. The van der Waals surface area contributed by atoms with Gasteiger partial charge in [0, 0.05) is 12.0 Å². The molecule has 0 radical (unpaired) electrons. The van der Waals surface area contributed by atoms with E-state index in [4.69, 9.17) is 15.2 Å². The third-order valence-corrected chi connectivity index (χ3v) is 2.63. The maximum absolute atomic E-state index is 12.6. The van der Waals surface area contributed by atoms with Crippen molar-refractivity contribution in [2.45, 2.75) is 51.6 Å². The molecule has 0 rings (SSSR count). The topological polar surface area (TPSA) is 61.5 Å². The van der Waals surface area contributed by atoms with Crippen LogP contribution < -0.4 is 5.73 Å². The molecule has 0 aromatic rings. The van der Waals surface area contributed by atoms with Crippen LogP contribution in [0.5, 0.6) is 0 Å². The Hall–Kier alpha value is -1.03. The van der Waals surface area contributed by atoms with Gasteiger partial charge in [0.1, 0.15) is 12.2 Å². The van der Waals surface area contributed by atoms with Gasteiger partial charge in [0.05, 0.1) is 19.4 Å². The van der Waals surface area contributed by atoms with E-state index in [1.165, 1.54) is 0 Å². The molecule has 0 amide bonds. The van der Waals surface area contributed by atoms with E-state index in [1.54, 1.807) is 20.8 Å². The Morgan fingerprint density at radius 1 is 0.957 bits per heavy atom. The van der Waals surface area contributed by atoms with Crippen LogP contribution >= 0.6 is 0 Å². The molecular weight excluding hydrogens is 332 g/mol. The van der Waals surface area contributed by atoms with E-state index in [-0.39, 0.29) is 0 Å². The quantitative estimate of drug-likeness (QED) is 0.564. The Bertz CT molecular complexity index is 371. The van der Waals surface area contributed by atoms with Crippen LogP contribution in [0.1, 0.15) is 33.6 Å². The monoisotopic (exact) mass is 353 g/mol. The van der Waals surface area contributed by atoms with Gasteiger partial charge in [0.15, 0.2) is 0 Å². The third kappa shape index (κ3) is 11.2. The fourth-order valence-corrected chi connectivity index (χ4v) is 1.94. The number of halogens is 6. The molecule has 0 aliphatic carbocycles. The fraction of sp³-hybridized carbons (Fsp3) is 0.923. The second kappa shape index (κ2) is 7.69. The highest BCUT2D eigenvalue weighted by molar-refractivity contribution is 5.71. The molecule has 0 fully saturated rings. The standard InChI is InChI=1S/C13H21F6NO3/c1-10(2,3)23-9(21)4-22-8-11(7-20,5-12(14,15)16)6-13(17,18)19/h4-8,20H2,1-3H3. The number of hydrogen-bond acceptors (Lipinski definition) is 4. The summed E-state index contributed by atoms with van der Waals surface area (Å²) in [4.78, 5) is 11.4. The Labute approximate surface area is 130 Å². The van der Waals surface area contributed by atoms with Crippen molar-refractivity contribution in [3.8, 4) is 0 Å². The van der Waals surface area contributed by atoms with Gasteiger partial charge in [-0.1, -0.05) is 0 Å². The number of ether oxygens (including phenoxy) is 2. The maximum Gasteiger partial charge on any atom is 0.389 e. The minimum Gasteiger partial charge on any atom is -0.458 e. The van der Waals surface area contributed by atoms with Gasteiger partial charge in [-0.25, -0.2) is 4.79 Å². The van der Waals surface area contributed by atoms with Crippen molar-refractivity contribution < 1.29 is 40.6 Å². The molecule has 0 unspecified atom stereocenters. The maximum atomic E-state index is 12.6. The first kappa shape index (κ1) is 22.0. The lowest BCUT2D eigenvalue weighted by Crippen LogP contribution is -2.43. The summed E-state index contributed by atoms with van der Waals surface area (Å²) < 4.78 is 84.9. The van der Waals surface area contributed by atoms with E-state index >= 15 is 0 Å². The minimum absolute atomic E-state index is 0.755. The second-order valence-electron chi connectivity index (χ2n) is 6.37. The Kier molecular flexibility index (Phi) is 7.35. The number of hydrogen-bond donors (Lipinski definition) is 1. The molecule has 4 nitrogen and oxygen atoms in total. The SMILES string of the molecule is CC(C)(C)OC(=O)COCC(CN)(CC(F)(F)F)CC(F)(F)F. The molecule has 0 spiro atoms. The number of carbonyl (C=O) groups is 1. The molecule has 0 aromatic heterocycles. The number of alkyl halides is 6. The summed E-state index contributed by atoms with van der Waals surface area (Å²) >= 11 is 0. The Morgan fingerprint density at radius 2 is 1.39 bits per heavy atom. The van der Waals surface area contributed by atoms with Crippen molar-refractivity contribution in [2.75, 3.05) is 19.8 Å². The van der Waals surface area contributed by atoms with Crippen LogP contribution in [0, 0.1) is 5.41 Å². The molecule has 0 bridgehead atoms. The van der Waals surface area contributed by atoms with E-state index < -0.39 is 61.9 Å². The predicted molar refractivity (Wildman–Crippen MR) is 69.5 cm³/mol. The van der Waals surface area contributed by atoms with Crippen molar-refractivity contribution in [3.63, 3.8) is 0 Å². The van der Waals surface area contributed by atoms with E-state index in [0.717, 1.165) is 0 Å².